The van der Waals surface area contributed by atoms with Crippen LogP contribution in [0, 0.1) is 18.6 Å². The number of aromatic nitrogens is 3. The Balaban J connectivity index is 1.64. The Kier molecular flexibility index (Phi) is 5.32. The molecule has 3 aromatic rings. The Hall–Kier alpha value is -2.74. The number of carbonyl (C=O) groups excluding carboxylic acids is 1. The van der Waals surface area contributed by atoms with E-state index in [2.05, 4.69) is 15.5 Å². The summed E-state index contributed by atoms with van der Waals surface area (Å²) in [6, 6.07) is 10.8. The summed E-state index contributed by atoms with van der Waals surface area (Å²) in [6.07, 6.45) is 0. The number of halogens is 2. The highest BCUT2D eigenvalue weighted by Crippen LogP contribution is 2.23. The number of benzene rings is 2. The van der Waals surface area contributed by atoms with Crippen molar-refractivity contribution in [2.75, 3.05) is 11.1 Å². The van der Waals surface area contributed by atoms with Crippen molar-refractivity contribution >= 4 is 23.4 Å². The molecule has 0 saturated heterocycles. The Morgan fingerprint density at radius 2 is 1.77 bits per heavy atom. The molecule has 1 aromatic heterocycles. The second-order valence-electron chi connectivity index (χ2n) is 5.73. The third kappa shape index (κ3) is 4.26. The van der Waals surface area contributed by atoms with Crippen LogP contribution in [-0.4, -0.2) is 26.4 Å². The molecule has 0 saturated carbocycles. The van der Waals surface area contributed by atoms with Crippen molar-refractivity contribution in [1.29, 1.82) is 0 Å². The Labute approximate surface area is 153 Å². The summed E-state index contributed by atoms with van der Waals surface area (Å²) in [4.78, 5) is 12.0. The van der Waals surface area contributed by atoms with Crippen molar-refractivity contribution in [3.8, 4) is 11.4 Å². The predicted octanol–water partition coefficient (Wildman–Crippen LogP) is 3.80. The maximum Gasteiger partial charge on any atom is 0.234 e. The van der Waals surface area contributed by atoms with Gasteiger partial charge < -0.3 is 9.88 Å². The number of amides is 1. The molecular weight excluding hydrogens is 358 g/mol. The van der Waals surface area contributed by atoms with Gasteiger partial charge in [-0.05, 0) is 19.1 Å². The van der Waals surface area contributed by atoms with Crippen LogP contribution in [0.15, 0.2) is 47.6 Å². The maximum atomic E-state index is 13.2. The molecule has 2 aromatic carbocycles. The van der Waals surface area contributed by atoms with Crippen molar-refractivity contribution in [2.45, 2.75) is 12.1 Å². The van der Waals surface area contributed by atoms with Gasteiger partial charge in [0.1, 0.15) is 11.6 Å². The summed E-state index contributed by atoms with van der Waals surface area (Å²) < 4.78 is 28.1. The van der Waals surface area contributed by atoms with Gasteiger partial charge in [0.05, 0.1) is 5.75 Å². The van der Waals surface area contributed by atoms with E-state index in [0.717, 1.165) is 29.3 Å². The topological polar surface area (TPSA) is 59.8 Å². The minimum absolute atomic E-state index is 0.0397. The Morgan fingerprint density at radius 3 is 2.42 bits per heavy atom. The molecule has 0 bridgehead atoms. The fourth-order valence-electron chi connectivity index (χ4n) is 2.35. The monoisotopic (exact) mass is 374 g/mol. The number of nitrogens with zero attached hydrogens (tertiary/aromatic N) is 3. The average Bonchev–Trinajstić information content (AvgIpc) is 2.93. The zero-order valence-electron chi connectivity index (χ0n) is 14.2. The van der Waals surface area contributed by atoms with E-state index in [-0.39, 0.29) is 17.3 Å². The van der Waals surface area contributed by atoms with Crippen molar-refractivity contribution in [1.82, 2.24) is 14.8 Å². The van der Waals surface area contributed by atoms with Gasteiger partial charge in [-0.25, -0.2) is 8.78 Å². The lowest BCUT2D eigenvalue weighted by Crippen LogP contribution is -2.14. The first kappa shape index (κ1) is 18.1. The highest BCUT2D eigenvalue weighted by Gasteiger charge is 2.13. The van der Waals surface area contributed by atoms with Crippen molar-refractivity contribution < 1.29 is 13.6 Å². The zero-order chi connectivity index (χ0) is 18.7. The Bertz CT molecular complexity index is 921. The van der Waals surface area contributed by atoms with Crippen LogP contribution in [0.2, 0.25) is 0 Å². The highest BCUT2D eigenvalue weighted by molar-refractivity contribution is 7.99. The van der Waals surface area contributed by atoms with Gasteiger partial charge in [-0.2, -0.15) is 0 Å². The minimum Gasteiger partial charge on any atom is -0.325 e. The van der Waals surface area contributed by atoms with Crippen molar-refractivity contribution in [3.63, 3.8) is 0 Å². The summed E-state index contributed by atoms with van der Waals surface area (Å²) in [6.45, 7) is 2.00. The lowest BCUT2D eigenvalue weighted by Gasteiger charge is -2.06. The first-order valence-electron chi connectivity index (χ1n) is 7.77. The number of aryl methyl sites for hydroxylation is 1. The standard InChI is InChI=1S/C18H16F2N4OS/c1-11-3-5-12(6-4-11)17-22-23-18(24(17)2)26-10-16(25)21-15-8-13(19)7-14(20)9-15/h3-9H,10H2,1-2H3,(H,21,25). The van der Waals surface area contributed by atoms with Crippen LogP contribution < -0.4 is 5.32 Å². The molecule has 8 heteroatoms. The zero-order valence-corrected chi connectivity index (χ0v) is 15.0. The van der Waals surface area contributed by atoms with E-state index in [0.29, 0.717) is 11.0 Å². The van der Waals surface area contributed by atoms with Gasteiger partial charge in [-0.15, -0.1) is 10.2 Å². The molecule has 5 nitrogen and oxygen atoms in total. The molecule has 0 spiro atoms. The molecule has 0 aliphatic rings. The summed E-state index contributed by atoms with van der Waals surface area (Å²) >= 11 is 1.19. The van der Waals surface area contributed by atoms with Crippen LogP contribution in [0.3, 0.4) is 0 Å². The van der Waals surface area contributed by atoms with Gasteiger partial charge in [0.15, 0.2) is 11.0 Å². The molecule has 0 unspecified atom stereocenters. The lowest BCUT2D eigenvalue weighted by molar-refractivity contribution is -0.113. The van der Waals surface area contributed by atoms with E-state index in [1.807, 2.05) is 38.2 Å². The number of hydrogen-bond acceptors (Lipinski definition) is 4. The van der Waals surface area contributed by atoms with Gasteiger partial charge in [-0.3, -0.25) is 4.79 Å². The SMILES string of the molecule is Cc1ccc(-c2nnc(SCC(=O)Nc3cc(F)cc(F)c3)n2C)cc1. The van der Waals surface area contributed by atoms with E-state index in [4.69, 9.17) is 0 Å². The summed E-state index contributed by atoms with van der Waals surface area (Å²) in [5, 5.41) is 11.3. The van der Waals surface area contributed by atoms with E-state index in [1.54, 1.807) is 4.57 Å². The van der Waals surface area contributed by atoms with Crippen LogP contribution in [-0.2, 0) is 11.8 Å². The second kappa shape index (κ2) is 7.65. The highest BCUT2D eigenvalue weighted by atomic mass is 32.2. The molecule has 1 amide bonds. The third-order valence-corrected chi connectivity index (χ3v) is 4.64. The molecule has 0 aliphatic carbocycles. The molecule has 1 N–H and O–H groups in total. The van der Waals surface area contributed by atoms with Gasteiger partial charge in [0.2, 0.25) is 5.91 Å². The first-order chi connectivity index (χ1) is 12.4. The van der Waals surface area contributed by atoms with Gasteiger partial charge >= 0.3 is 0 Å². The van der Waals surface area contributed by atoms with E-state index in [1.165, 1.54) is 11.8 Å². The largest absolute Gasteiger partial charge is 0.325 e. The van der Waals surface area contributed by atoms with Gasteiger partial charge in [0.25, 0.3) is 0 Å². The normalized spacial score (nSPS) is 10.8. The quantitative estimate of drug-likeness (QED) is 0.690. The molecule has 26 heavy (non-hydrogen) atoms. The van der Waals surface area contributed by atoms with E-state index >= 15 is 0 Å². The van der Waals surface area contributed by atoms with E-state index in [9.17, 15) is 13.6 Å². The second-order valence-corrected chi connectivity index (χ2v) is 6.67. The van der Waals surface area contributed by atoms with Crippen molar-refractivity contribution in [3.05, 3.63) is 59.7 Å². The Morgan fingerprint density at radius 1 is 1.12 bits per heavy atom. The summed E-state index contributed by atoms with van der Waals surface area (Å²) in [5.74, 6) is -1.15. The van der Waals surface area contributed by atoms with Gasteiger partial charge in [0, 0.05) is 24.4 Å². The number of thioether (sulfide) groups is 1. The molecule has 0 radical (unpaired) electrons. The maximum absolute atomic E-state index is 13.2. The molecule has 0 fully saturated rings. The number of anilines is 1. The molecule has 0 aliphatic heterocycles. The van der Waals surface area contributed by atoms with Crippen LogP contribution >= 0.6 is 11.8 Å². The molecule has 134 valence electrons. The van der Waals surface area contributed by atoms with Gasteiger partial charge in [-0.1, -0.05) is 41.6 Å². The fraction of sp³-hybridized carbons (Fsp3) is 0.167. The molecule has 0 atom stereocenters. The number of hydrogen-bond donors (Lipinski definition) is 1. The smallest absolute Gasteiger partial charge is 0.234 e. The fourth-order valence-corrected chi connectivity index (χ4v) is 3.06. The van der Waals surface area contributed by atoms with Crippen LogP contribution in [0.4, 0.5) is 14.5 Å². The molecular formula is C18H16F2N4OS. The number of nitrogens with one attached hydrogen (secondary N) is 1. The first-order valence-corrected chi connectivity index (χ1v) is 8.76. The van der Waals surface area contributed by atoms with Crippen LogP contribution in [0.1, 0.15) is 5.56 Å². The molecule has 3 rings (SSSR count). The van der Waals surface area contributed by atoms with E-state index < -0.39 is 11.6 Å². The summed E-state index contributed by atoms with van der Waals surface area (Å²) in [5.41, 5.74) is 2.15. The van der Waals surface area contributed by atoms with Crippen molar-refractivity contribution in [2.24, 2.45) is 7.05 Å². The third-order valence-electron chi connectivity index (χ3n) is 3.62. The minimum atomic E-state index is -0.746. The molecule has 1 heterocycles. The predicted molar refractivity (Wildman–Crippen MR) is 96.9 cm³/mol. The van der Waals surface area contributed by atoms with Crippen LogP contribution in [0.5, 0.6) is 0 Å². The van der Waals surface area contributed by atoms with Crippen LogP contribution in [0.25, 0.3) is 11.4 Å². The number of carbonyl (C=O) groups is 1. The lowest BCUT2D eigenvalue weighted by atomic mass is 10.1. The average molecular weight is 374 g/mol. The summed E-state index contributed by atoms with van der Waals surface area (Å²) in [7, 11) is 1.82. The number of rotatable bonds is 5.